The van der Waals surface area contributed by atoms with E-state index in [1.54, 1.807) is 16.8 Å². The largest absolute Gasteiger partial charge is 0.483 e. The number of amides is 2. The number of carbonyl (C=O) groups excluding carboxylic acids is 2. The smallest absolute Gasteiger partial charge is 0.263 e. The lowest BCUT2D eigenvalue weighted by Gasteiger charge is -2.11. The fourth-order valence-corrected chi connectivity index (χ4v) is 2.67. The highest BCUT2D eigenvalue weighted by atomic mass is 35.5. The van der Waals surface area contributed by atoms with Crippen LogP contribution in [0.2, 0.25) is 5.02 Å². The number of aromatic nitrogens is 2. The molecule has 0 unspecified atom stereocenters. The molecule has 0 radical (unpaired) electrons. The molecule has 7 nitrogen and oxygen atoms in total. The van der Waals surface area contributed by atoms with Gasteiger partial charge in [0, 0.05) is 11.1 Å². The molecule has 0 aliphatic rings. The fourth-order valence-electron chi connectivity index (χ4n) is 2.50. The first-order chi connectivity index (χ1) is 12.9. The molecule has 3 aromatic rings. The fraction of sp³-hybridized carbons (Fsp3) is 0.105. The zero-order valence-electron chi connectivity index (χ0n) is 14.5. The van der Waals surface area contributed by atoms with E-state index in [9.17, 15) is 9.59 Å². The number of hydrogen-bond donors (Lipinski definition) is 2. The van der Waals surface area contributed by atoms with Gasteiger partial charge in [-0.05, 0) is 37.3 Å². The van der Waals surface area contributed by atoms with E-state index in [2.05, 4.69) is 10.4 Å². The number of primary amides is 1. The quantitative estimate of drug-likeness (QED) is 0.682. The monoisotopic (exact) mass is 384 g/mol. The molecule has 2 amide bonds. The SMILES string of the molecule is Cc1cc(NC(=O)COc2ccc(Cl)cc2C(N)=O)n(-c2ccccc2)n1. The summed E-state index contributed by atoms with van der Waals surface area (Å²) < 4.78 is 7.07. The number of rotatable bonds is 6. The molecule has 0 bridgehead atoms. The Morgan fingerprint density at radius 2 is 1.93 bits per heavy atom. The van der Waals surface area contributed by atoms with E-state index in [1.807, 2.05) is 37.3 Å². The van der Waals surface area contributed by atoms with Crippen LogP contribution in [0.3, 0.4) is 0 Å². The third-order valence-electron chi connectivity index (χ3n) is 3.67. The number of benzene rings is 2. The van der Waals surface area contributed by atoms with Crippen LogP contribution in [-0.2, 0) is 4.79 Å². The summed E-state index contributed by atoms with van der Waals surface area (Å²) in [5.74, 6) is -0.392. The van der Waals surface area contributed by atoms with Gasteiger partial charge in [-0.2, -0.15) is 5.10 Å². The van der Waals surface area contributed by atoms with Gasteiger partial charge >= 0.3 is 0 Å². The first kappa shape index (κ1) is 18.5. The zero-order valence-corrected chi connectivity index (χ0v) is 15.2. The molecule has 8 heteroatoms. The van der Waals surface area contributed by atoms with Crippen molar-refractivity contribution < 1.29 is 14.3 Å². The number of hydrogen-bond acceptors (Lipinski definition) is 4. The standard InChI is InChI=1S/C19H17ClN4O3/c1-12-9-17(24(23-12)14-5-3-2-4-6-14)22-18(25)11-27-16-8-7-13(20)10-15(16)19(21)26/h2-10H,11H2,1H3,(H2,21,26)(H,22,25). The number of anilines is 1. The second kappa shape index (κ2) is 7.92. The molecule has 0 aliphatic heterocycles. The Labute approximate surface area is 160 Å². The summed E-state index contributed by atoms with van der Waals surface area (Å²) in [7, 11) is 0. The molecule has 0 spiro atoms. The zero-order chi connectivity index (χ0) is 19.4. The number of carbonyl (C=O) groups is 2. The highest BCUT2D eigenvalue weighted by molar-refractivity contribution is 6.31. The van der Waals surface area contributed by atoms with Gasteiger partial charge in [-0.25, -0.2) is 4.68 Å². The Bertz CT molecular complexity index is 986. The maximum absolute atomic E-state index is 12.3. The second-order valence-corrected chi connectivity index (χ2v) is 6.20. The Kier molecular flexibility index (Phi) is 5.42. The lowest BCUT2D eigenvalue weighted by atomic mass is 10.2. The van der Waals surface area contributed by atoms with Crippen LogP contribution < -0.4 is 15.8 Å². The lowest BCUT2D eigenvalue weighted by molar-refractivity contribution is -0.118. The predicted octanol–water partition coefficient (Wildman–Crippen LogP) is 2.95. The number of aryl methyl sites for hydroxylation is 1. The molecule has 0 saturated heterocycles. The molecule has 138 valence electrons. The maximum atomic E-state index is 12.3. The highest BCUT2D eigenvalue weighted by Gasteiger charge is 2.14. The molecule has 1 heterocycles. The molecule has 3 rings (SSSR count). The Hall–Kier alpha value is -3.32. The number of nitrogens with one attached hydrogen (secondary N) is 1. The average Bonchev–Trinajstić information content (AvgIpc) is 3.01. The minimum Gasteiger partial charge on any atom is -0.483 e. The topological polar surface area (TPSA) is 99.2 Å². The molecule has 27 heavy (non-hydrogen) atoms. The Morgan fingerprint density at radius 3 is 2.63 bits per heavy atom. The summed E-state index contributed by atoms with van der Waals surface area (Å²) in [4.78, 5) is 23.8. The van der Waals surface area contributed by atoms with Gasteiger partial charge in [-0.1, -0.05) is 29.8 Å². The van der Waals surface area contributed by atoms with E-state index in [4.69, 9.17) is 22.1 Å². The Balaban J connectivity index is 1.72. The van der Waals surface area contributed by atoms with Crippen LogP contribution in [0.1, 0.15) is 16.1 Å². The van der Waals surface area contributed by atoms with Crippen LogP contribution in [0.25, 0.3) is 5.69 Å². The normalized spacial score (nSPS) is 10.4. The highest BCUT2D eigenvalue weighted by Crippen LogP contribution is 2.23. The van der Waals surface area contributed by atoms with Crippen LogP contribution in [0.4, 0.5) is 5.82 Å². The summed E-state index contributed by atoms with van der Waals surface area (Å²) in [6.07, 6.45) is 0. The molecule has 0 aliphatic carbocycles. The predicted molar refractivity (Wildman–Crippen MR) is 102 cm³/mol. The van der Waals surface area contributed by atoms with Crippen LogP contribution >= 0.6 is 11.6 Å². The van der Waals surface area contributed by atoms with Crippen molar-refractivity contribution in [2.24, 2.45) is 5.73 Å². The minimum atomic E-state index is -0.689. The molecule has 1 aromatic heterocycles. The van der Waals surface area contributed by atoms with Crippen molar-refractivity contribution in [3.8, 4) is 11.4 Å². The van der Waals surface area contributed by atoms with Gasteiger partial charge in [0.15, 0.2) is 6.61 Å². The van der Waals surface area contributed by atoms with E-state index < -0.39 is 11.8 Å². The first-order valence-corrected chi connectivity index (χ1v) is 8.46. The van der Waals surface area contributed by atoms with Gasteiger partial charge in [0.25, 0.3) is 11.8 Å². The molecular formula is C19H17ClN4O3. The first-order valence-electron chi connectivity index (χ1n) is 8.08. The number of nitrogens with zero attached hydrogens (tertiary/aromatic N) is 2. The van der Waals surface area contributed by atoms with Crippen LogP contribution in [0.15, 0.2) is 54.6 Å². The number of ether oxygens (including phenoxy) is 1. The molecule has 3 N–H and O–H groups in total. The van der Waals surface area contributed by atoms with Crippen LogP contribution in [0, 0.1) is 6.92 Å². The third kappa shape index (κ3) is 4.45. The number of nitrogens with two attached hydrogens (primary N) is 1. The van der Waals surface area contributed by atoms with Crippen molar-refractivity contribution in [3.63, 3.8) is 0 Å². The number of para-hydroxylation sites is 1. The minimum absolute atomic E-state index is 0.112. The van der Waals surface area contributed by atoms with E-state index >= 15 is 0 Å². The molecular weight excluding hydrogens is 368 g/mol. The van der Waals surface area contributed by atoms with E-state index in [0.717, 1.165) is 11.4 Å². The van der Waals surface area contributed by atoms with Gasteiger partial charge in [0.05, 0.1) is 16.9 Å². The maximum Gasteiger partial charge on any atom is 0.263 e. The van der Waals surface area contributed by atoms with Gasteiger partial charge in [0.2, 0.25) is 0 Å². The summed E-state index contributed by atoms with van der Waals surface area (Å²) in [5.41, 5.74) is 6.99. The van der Waals surface area contributed by atoms with Crippen molar-refractivity contribution in [2.75, 3.05) is 11.9 Å². The van der Waals surface area contributed by atoms with Crippen molar-refractivity contribution in [2.45, 2.75) is 6.92 Å². The molecule has 0 atom stereocenters. The van der Waals surface area contributed by atoms with Crippen molar-refractivity contribution in [1.29, 1.82) is 0 Å². The summed E-state index contributed by atoms with van der Waals surface area (Å²) in [6.45, 7) is 1.53. The van der Waals surface area contributed by atoms with Gasteiger partial charge in [0.1, 0.15) is 11.6 Å². The molecule has 0 saturated carbocycles. The van der Waals surface area contributed by atoms with Crippen molar-refractivity contribution in [1.82, 2.24) is 9.78 Å². The van der Waals surface area contributed by atoms with Crippen molar-refractivity contribution >= 4 is 29.2 Å². The summed E-state index contributed by atoms with van der Waals surface area (Å²) in [6, 6.07) is 15.6. The van der Waals surface area contributed by atoms with Crippen LogP contribution in [0.5, 0.6) is 5.75 Å². The van der Waals surface area contributed by atoms with E-state index in [1.165, 1.54) is 12.1 Å². The van der Waals surface area contributed by atoms with Gasteiger partial charge in [-0.3, -0.25) is 9.59 Å². The van der Waals surface area contributed by atoms with E-state index in [0.29, 0.717) is 10.8 Å². The van der Waals surface area contributed by atoms with E-state index in [-0.39, 0.29) is 17.9 Å². The molecule has 2 aromatic carbocycles. The van der Waals surface area contributed by atoms with Crippen LogP contribution in [-0.4, -0.2) is 28.2 Å². The van der Waals surface area contributed by atoms with Gasteiger partial charge in [-0.15, -0.1) is 0 Å². The Morgan fingerprint density at radius 1 is 1.19 bits per heavy atom. The van der Waals surface area contributed by atoms with Gasteiger partial charge < -0.3 is 15.8 Å². The number of halogens is 1. The summed E-state index contributed by atoms with van der Waals surface area (Å²) in [5, 5.41) is 7.49. The second-order valence-electron chi connectivity index (χ2n) is 5.76. The average molecular weight is 385 g/mol. The van der Waals surface area contributed by atoms with Crippen molar-refractivity contribution in [3.05, 3.63) is 70.9 Å². The third-order valence-corrected chi connectivity index (χ3v) is 3.90. The molecule has 0 fully saturated rings. The summed E-state index contributed by atoms with van der Waals surface area (Å²) >= 11 is 5.86. The lowest BCUT2D eigenvalue weighted by Crippen LogP contribution is -2.23.